The van der Waals surface area contributed by atoms with Crippen LogP contribution in [-0.2, 0) is 6.54 Å². The highest BCUT2D eigenvalue weighted by molar-refractivity contribution is 14.1. The van der Waals surface area contributed by atoms with Crippen LogP contribution in [0.4, 0.5) is 5.69 Å². The number of anilines is 1. The van der Waals surface area contributed by atoms with E-state index in [2.05, 4.69) is 33.0 Å². The number of hydrogen-bond donors (Lipinski definition) is 2. The second kappa shape index (κ2) is 6.40. The third-order valence-corrected chi connectivity index (χ3v) is 3.41. The fraction of sp³-hybridized carbons (Fsp3) is 0.250. The molecule has 0 radical (unpaired) electrons. The molecule has 1 atom stereocenters. The fourth-order valence-electron chi connectivity index (χ4n) is 1.55. The standard InChI is InChI=1S/C12H13ClIN3O/c13-11-3-2-9(14)6-12(11)15-7-10(18)8-17-5-1-4-16-17/h1-6,10,15,18H,7-8H2. The zero-order valence-electron chi connectivity index (χ0n) is 9.55. The third kappa shape index (κ3) is 3.86. The van der Waals surface area contributed by atoms with E-state index in [1.165, 1.54) is 0 Å². The number of nitrogens with one attached hydrogen (secondary N) is 1. The topological polar surface area (TPSA) is 50.1 Å². The van der Waals surface area contributed by atoms with Gasteiger partial charge in [-0.05, 0) is 46.9 Å². The zero-order chi connectivity index (χ0) is 13.0. The third-order valence-electron chi connectivity index (χ3n) is 2.41. The summed E-state index contributed by atoms with van der Waals surface area (Å²) in [6.45, 7) is 0.890. The molecule has 0 spiro atoms. The van der Waals surface area contributed by atoms with Gasteiger partial charge < -0.3 is 10.4 Å². The quantitative estimate of drug-likeness (QED) is 0.788. The summed E-state index contributed by atoms with van der Waals surface area (Å²) < 4.78 is 2.80. The molecular weight excluding hydrogens is 365 g/mol. The molecule has 0 aliphatic rings. The largest absolute Gasteiger partial charge is 0.389 e. The Labute approximate surface area is 124 Å². The maximum Gasteiger partial charge on any atom is 0.0907 e. The lowest BCUT2D eigenvalue weighted by atomic mass is 10.3. The van der Waals surface area contributed by atoms with Crippen molar-refractivity contribution in [2.75, 3.05) is 11.9 Å². The molecule has 0 fully saturated rings. The summed E-state index contributed by atoms with van der Waals surface area (Å²) >= 11 is 8.28. The van der Waals surface area contributed by atoms with Gasteiger partial charge in [-0.15, -0.1) is 0 Å². The van der Waals surface area contributed by atoms with Gasteiger partial charge in [-0.3, -0.25) is 4.68 Å². The molecule has 6 heteroatoms. The highest BCUT2D eigenvalue weighted by Crippen LogP contribution is 2.23. The number of nitrogens with zero attached hydrogens (tertiary/aromatic N) is 2. The van der Waals surface area contributed by atoms with Crippen molar-refractivity contribution in [3.63, 3.8) is 0 Å². The monoisotopic (exact) mass is 377 g/mol. The molecule has 1 aromatic heterocycles. The van der Waals surface area contributed by atoms with Crippen LogP contribution in [0.25, 0.3) is 0 Å². The number of rotatable bonds is 5. The normalized spacial score (nSPS) is 12.4. The summed E-state index contributed by atoms with van der Waals surface area (Å²) in [5, 5.41) is 17.7. The van der Waals surface area contributed by atoms with Gasteiger partial charge in [0.2, 0.25) is 0 Å². The second-order valence-electron chi connectivity index (χ2n) is 3.89. The molecule has 0 saturated carbocycles. The first kappa shape index (κ1) is 13.6. The van der Waals surface area contributed by atoms with Crippen LogP contribution in [0.5, 0.6) is 0 Å². The van der Waals surface area contributed by atoms with Crippen LogP contribution in [0.1, 0.15) is 0 Å². The number of aliphatic hydroxyl groups is 1. The summed E-state index contributed by atoms with van der Waals surface area (Å²) in [4.78, 5) is 0. The first-order chi connectivity index (χ1) is 8.65. The average Bonchev–Trinajstić information content (AvgIpc) is 2.83. The summed E-state index contributed by atoms with van der Waals surface area (Å²) in [6, 6.07) is 7.56. The van der Waals surface area contributed by atoms with Gasteiger partial charge in [0.05, 0.1) is 23.4 Å². The van der Waals surface area contributed by atoms with Gasteiger partial charge in [-0.1, -0.05) is 11.6 Å². The lowest BCUT2D eigenvalue weighted by Crippen LogP contribution is -2.25. The number of benzene rings is 1. The minimum atomic E-state index is -0.515. The molecule has 96 valence electrons. The van der Waals surface area contributed by atoms with E-state index in [1.807, 2.05) is 30.5 Å². The molecule has 1 heterocycles. The first-order valence-corrected chi connectivity index (χ1v) is 6.95. The number of aromatic nitrogens is 2. The molecule has 1 unspecified atom stereocenters. The van der Waals surface area contributed by atoms with E-state index in [0.29, 0.717) is 18.1 Å². The predicted octanol–water partition coefficient (Wildman–Crippen LogP) is 2.61. The Morgan fingerprint density at radius 3 is 3.06 bits per heavy atom. The molecule has 2 rings (SSSR count). The maximum absolute atomic E-state index is 9.87. The van der Waals surface area contributed by atoms with E-state index in [0.717, 1.165) is 9.26 Å². The van der Waals surface area contributed by atoms with E-state index < -0.39 is 6.10 Å². The molecule has 2 aromatic rings. The SMILES string of the molecule is OC(CNc1cc(I)ccc1Cl)Cn1cccn1. The Hall–Kier alpha value is -0.790. The molecule has 4 nitrogen and oxygen atoms in total. The van der Waals surface area contributed by atoms with Crippen LogP contribution in [-0.4, -0.2) is 27.5 Å². The Morgan fingerprint density at radius 1 is 1.50 bits per heavy atom. The van der Waals surface area contributed by atoms with Gasteiger partial charge in [0.25, 0.3) is 0 Å². The molecule has 1 aromatic carbocycles. The molecular formula is C12H13ClIN3O. The van der Waals surface area contributed by atoms with Gasteiger partial charge in [0.15, 0.2) is 0 Å². The van der Waals surface area contributed by atoms with Crippen molar-refractivity contribution in [2.45, 2.75) is 12.6 Å². The number of hydrogen-bond acceptors (Lipinski definition) is 3. The molecule has 2 N–H and O–H groups in total. The fourth-order valence-corrected chi connectivity index (χ4v) is 2.23. The van der Waals surface area contributed by atoms with Gasteiger partial charge in [-0.25, -0.2) is 0 Å². The van der Waals surface area contributed by atoms with Crippen LogP contribution < -0.4 is 5.32 Å². The smallest absolute Gasteiger partial charge is 0.0907 e. The zero-order valence-corrected chi connectivity index (χ0v) is 12.5. The van der Waals surface area contributed by atoms with Crippen LogP contribution in [0, 0.1) is 3.57 Å². The predicted molar refractivity (Wildman–Crippen MR) is 80.9 cm³/mol. The van der Waals surface area contributed by atoms with E-state index in [4.69, 9.17) is 11.6 Å². The Morgan fingerprint density at radius 2 is 2.33 bits per heavy atom. The molecule has 0 aliphatic heterocycles. The maximum atomic E-state index is 9.87. The van der Waals surface area contributed by atoms with E-state index >= 15 is 0 Å². The Balaban J connectivity index is 1.89. The van der Waals surface area contributed by atoms with Crippen LogP contribution in [0.3, 0.4) is 0 Å². The van der Waals surface area contributed by atoms with E-state index in [9.17, 15) is 5.11 Å². The summed E-state index contributed by atoms with van der Waals surface area (Å²) in [7, 11) is 0. The second-order valence-corrected chi connectivity index (χ2v) is 5.54. The number of halogens is 2. The van der Waals surface area contributed by atoms with Gasteiger partial charge in [0.1, 0.15) is 0 Å². The van der Waals surface area contributed by atoms with Crippen LogP contribution in [0.15, 0.2) is 36.7 Å². The summed E-state index contributed by atoms with van der Waals surface area (Å²) in [5.74, 6) is 0. The average molecular weight is 378 g/mol. The summed E-state index contributed by atoms with van der Waals surface area (Å²) in [5.41, 5.74) is 0.836. The lowest BCUT2D eigenvalue weighted by molar-refractivity contribution is 0.161. The van der Waals surface area contributed by atoms with Crippen molar-refractivity contribution < 1.29 is 5.11 Å². The van der Waals surface area contributed by atoms with Crippen molar-refractivity contribution in [3.8, 4) is 0 Å². The van der Waals surface area contributed by atoms with Crippen molar-refractivity contribution >= 4 is 39.9 Å². The molecule has 0 aliphatic carbocycles. The van der Waals surface area contributed by atoms with Gasteiger partial charge in [0, 0.05) is 22.5 Å². The highest BCUT2D eigenvalue weighted by Gasteiger charge is 2.07. The van der Waals surface area contributed by atoms with E-state index in [-0.39, 0.29) is 0 Å². The van der Waals surface area contributed by atoms with Crippen molar-refractivity contribution in [2.24, 2.45) is 0 Å². The molecule has 0 bridgehead atoms. The van der Waals surface area contributed by atoms with Gasteiger partial charge >= 0.3 is 0 Å². The van der Waals surface area contributed by atoms with Crippen LogP contribution in [0.2, 0.25) is 5.02 Å². The van der Waals surface area contributed by atoms with Crippen LogP contribution >= 0.6 is 34.2 Å². The first-order valence-electron chi connectivity index (χ1n) is 5.49. The Bertz CT molecular complexity index is 504. The molecule has 0 saturated heterocycles. The summed E-state index contributed by atoms with van der Waals surface area (Å²) in [6.07, 6.45) is 3.00. The number of aliphatic hydroxyl groups excluding tert-OH is 1. The lowest BCUT2D eigenvalue weighted by Gasteiger charge is -2.14. The molecule has 18 heavy (non-hydrogen) atoms. The van der Waals surface area contributed by atoms with Crippen molar-refractivity contribution in [3.05, 3.63) is 45.3 Å². The van der Waals surface area contributed by atoms with Crippen molar-refractivity contribution in [1.82, 2.24) is 9.78 Å². The van der Waals surface area contributed by atoms with Gasteiger partial charge in [-0.2, -0.15) is 5.10 Å². The van der Waals surface area contributed by atoms with E-state index in [1.54, 1.807) is 10.9 Å². The van der Waals surface area contributed by atoms with Crippen molar-refractivity contribution in [1.29, 1.82) is 0 Å². The highest BCUT2D eigenvalue weighted by atomic mass is 127. The minimum absolute atomic E-state index is 0.430. The Kier molecular flexibility index (Phi) is 4.85. The molecule has 0 amide bonds. The minimum Gasteiger partial charge on any atom is -0.389 e.